The molecule has 0 heterocycles. The molecule has 3 nitrogen and oxygen atoms in total. The van der Waals surface area contributed by atoms with E-state index in [1.54, 1.807) is 32.9 Å². The Hall–Kier alpha value is -0.940. The summed E-state index contributed by atoms with van der Waals surface area (Å²) in [6.45, 7) is 5.39. The third-order valence-corrected chi connectivity index (χ3v) is 3.83. The molecule has 0 radical (unpaired) electrons. The van der Waals surface area contributed by atoms with Gasteiger partial charge in [-0.1, -0.05) is 15.9 Å². The molecule has 0 aromatic heterocycles. The molecule has 1 fully saturated rings. The van der Waals surface area contributed by atoms with E-state index in [1.165, 1.54) is 6.07 Å². The molecule has 2 rings (SSSR count). The Morgan fingerprint density at radius 1 is 1.45 bits per heavy atom. The van der Waals surface area contributed by atoms with E-state index in [4.69, 9.17) is 4.74 Å². The first-order valence-corrected chi connectivity index (χ1v) is 7.31. The summed E-state index contributed by atoms with van der Waals surface area (Å²) in [7, 11) is 0. The van der Waals surface area contributed by atoms with Crippen LogP contribution in [-0.4, -0.2) is 16.7 Å². The molecule has 0 saturated heterocycles. The smallest absolute Gasteiger partial charge is 0.309 e. The minimum atomic E-state index is -1.28. The maximum absolute atomic E-state index is 13.8. The first-order valence-electron chi connectivity index (χ1n) is 6.51. The monoisotopic (exact) mass is 344 g/mol. The van der Waals surface area contributed by atoms with Crippen molar-refractivity contribution in [1.29, 1.82) is 0 Å². The second-order valence-electron chi connectivity index (χ2n) is 6.29. The molecule has 0 bridgehead atoms. The number of aliphatic hydroxyl groups is 1. The fourth-order valence-corrected chi connectivity index (χ4v) is 2.74. The minimum Gasteiger partial charge on any atom is -0.460 e. The number of hydrogen-bond donors (Lipinski definition) is 1. The number of ether oxygens (including phenoxy) is 1. The van der Waals surface area contributed by atoms with Gasteiger partial charge in [-0.25, -0.2) is 4.39 Å². The average molecular weight is 345 g/mol. The van der Waals surface area contributed by atoms with Gasteiger partial charge in [-0.3, -0.25) is 4.79 Å². The van der Waals surface area contributed by atoms with Gasteiger partial charge < -0.3 is 9.84 Å². The van der Waals surface area contributed by atoms with E-state index in [1.807, 2.05) is 0 Å². The summed E-state index contributed by atoms with van der Waals surface area (Å²) >= 11 is 3.26. The second-order valence-corrected chi connectivity index (χ2v) is 7.21. The van der Waals surface area contributed by atoms with Crippen LogP contribution < -0.4 is 0 Å². The fourth-order valence-electron chi connectivity index (χ4n) is 2.38. The molecule has 1 aliphatic carbocycles. The van der Waals surface area contributed by atoms with E-state index in [9.17, 15) is 14.3 Å². The summed E-state index contributed by atoms with van der Waals surface area (Å²) < 4.78 is 19.8. The van der Waals surface area contributed by atoms with E-state index < -0.39 is 17.0 Å². The van der Waals surface area contributed by atoms with Gasteiger partial charge in [0, 0.05) is 10.0 Å². The van der Waals surface area contributed by atoms with Crippen LogP contribution in [0.25, 0.3) is 0 Å². The predicted octanol–water partition coefficient (Wildman–Crippen LogP) is 3.53. The molecular formula is C15H18BrFO3. The zero-order chi connectivity index (χ0) is 15.1. The third-order valence-electron chi connectivity index (χ3n) is 3.34. The molecule has 1 N–H and O–H groups in total. The van der Waals surface area contributed by atoms with Gasteiger partial charge in [0.15, 0.2) is 0 Å². The number of hydrogen-bond acceptors (Lipinski definition) is 3. The van der Waals surface area contributed by atoms with Crippen LogP contribution in [0.5, 0.6) is 0 Å². The topological polar surface area (TPSA) is 46.5 Å². The zero-order valence-electron chi connectivity index (χ0n) is 11.7. The first kappa shape index (κ1) is 15.4. The van der Waals surface area contributed by atoms with Gasteiger partial charge in [-0.15, -0.1) is 0 Å². The van der Waals surface area contributed by atoms with Crippen molar-refractivity contribution in [3.8, 4) is 0 Å². The molecule has 0 unspecified atom stereocenters. The molecule has 1 aromatic rings. The molecule has 1 saturated carbocycles. The summed E-state index contributed by atoms with van der Waals surface area (Å²) in [5, 5.41) is 10.4. The van der Waals surface area contributed by atoms with Gasteiger partial charge in [-0.05, 0) is 51.8 Å². The van der Waals surface area contributed by atoms with Crippen molar-refractivity contribution in [3.63, 3.8) is 0 Å². The molecule has 0 amide bonds. The minimum absolute atomic E-state index is 0.190. The SMILES string of the molecule is CC(C)(C)OC(=O)C1CC(O)(c2cc(Br)ccc2F)C1. The Bertz CT molecular complexity index is 530. The van der Waals surface area contributed by atoms with E-state index in [0.29, 0.717) is 4.47 Å². The van der Waals surface area contributed by atoms with Crippen LogP contribution in [-0.2, 0) is 15.1 Å². The van der Waals surface area contributed by atoms with Crippen molar-refractivity contribution >= 4 is 21.9 Å². The highest BCUT2D eigenvalue weighted by atomic mass is 79.9. The largest absolute Gasteiger partial charge is 0.460 e. The molecular weight excluding hydrogens is 327 g/mol. The summed E-state index contributed by atoms with van der Waals surface area (Å²) in [5.74, 6) is -1.17. The molecule has 0 atom stereocenters. The number of carbonyl (C=O) groups excluding carboxylic acids is 1. The maximum atomic E-state index is 13.8. The Labute approximate surface area is 126 Å². The molecule has 5 heteroatoms. The van der Waals surface area contributed by atoms with E-state index in [-0.39, 0.29) is 30.3 Å². The van der Waals surface area contributed by atoms with Gasteiger partial charge >= 0.3 is 5.97 Å². The van der Waals surface area contributed by atoms with Crippen LogP contribution in [0.4, 0.5) is 4.39 Å². The van der Waals surface area contributed by atoms with Crippen LogP contribution in [0.15, 0.2) is 22.7 Å². The van der Waals surface area contributed by atoms with E-state index >= 15 is 0 Å². The zero-order valence-corrected chi connectivity index (χ0v) is 13.3. The van der Waals surface area contributed by atoms with Crippen molar-refractivity contribution in [2.75, 3.05) is 0 Å². The number of halogens is 2. The Balaban J connectivity index is 2.07. The lowest BCUT2D eigenvalue weighted by molar-refractivity contribution is -0.177. The fraction of sp³-hybridized carbons (Fsp3) is 0.533. The number of esters is 1. The van der Waals surface area contributed by atoms with Gasteiger partial charge in [0.05, 0.1) is 11.5 Å². The maximum Gasteiger partial charge on any atom is 0.309 e. The third kappa shape index (κ3) is 3.20. The van der Waals surface area contributed by atoms with Crippen LogP contribution in [0, 0.1) is 11.7 Å². The highest BCUT2D eigenvalue weighted by molar-refractivity contribution is 9.10. The number of rotatable bonds is 2. The van der Waals surface area contributed by atoms with Crippen molar-refractivity contribution in [1.82, 2.24) is 0 Å². The highest BCUT2D eigenvalue weighted by Gasteiger charge is 2.49. The lowest BCUT2D eigenvalue weighted by Crippen LogP contribution is -2.46. The van der Waals surface area contributed by atoms with Gasteiger partial charge in [0.1, 0.15) is 11.4 Å². The Morgan fingerprint density at radius 3 is 2.60 bits per heavy atom. The Kier molecular flexibility index (Phi) is 3.95. The van der Waals surface area contributed by atoms with Crippen LogP contribution in [0.1, 0.15) is 39.2 Å². The number of carbonyl (C=O) groups is 1. The molecule has 0 spiro atoms. The van der Waals surface area contributed by atoms with Gasteiger partial charge in [0.25, 0.3) is 0 Å². The van der Waals surface area contributed by atoms with Gasteiger partial charge in [0.2, 0.25) is 0 Å². The second kappa shape index (κ2) is 5.11. The van der Waals surface area contributed by atoms with E-state index in [0.717, 1.165) is 0 Å². The quantitative estimate of drug-likeness (QED) is 0.835. The van der Waals surface area contributed by atoms with E-state index in [2.05, 4.69) is 15.9 Å². The highest BCUT2D eigenvalue weighted by Crippen LogP contribution is 2.47. The summed E-state index contributed by atoms with van der Waals surface area (Å²) in [4.78, 5) is 11.9. The predicted molar refractivity (Wildman–Crippen MR) is 76.6 cm³/mol. The lowest BCUT2D eigenvalue weighted by atomic mass is 9.67. The van der Waals surface area contributed by atoms with Crippen LogP contribution in [0.3, 0.4) is 0 Å². The summed E-state index contributed by atoms with van der Waals surface area (Å²) in [6.07, 6.45) is 0.380. The summed E-state index contributed by atoms with van der Waals surface area (Å²) in [6, 6.07) is 4.44. The van der Waals surface area contributed by atoms with Crippen molar-refractivity contribution in [3.05, 3.63) is 34.1 Å². The number of benzene rings is 1. The first-order chi connectivity index (χ1) is 9.11. The van der Waals surface area contributed by atoms with Gasteiger partial charge in [-0.2, -0.15) is 0 Å². The average Bonchev–Trinajstić information content (AvgIpc) is 2.25. The van der Waals surface area contributed by atoms with Crippen molar-refractivity contribution in [2.45, 2.75) is 44.8 Å². The van der Waals surface area contributed by atoms with Crippen LogP contribution >= 0.6 is 15.9 Å². The molecule has 1 aliphatic rings. The summed E-state index contributed by atoms with van der Waals surface area (Å²) in [5.41, 5.74) is -1.60. The molecule has 20 heavy (non-hydrogen) atoms. The van der Waals surface area contributed by atoms with Crippen LogP contribution in [0.2, 0.25) is 0 Å². The molecule has 110 valence electrons. The standard InChI is InChI=1S/C15H18BrFO3/c1-14(2,3)20-13(18)9-7-15(19,8-9)11-6-10(16)4-5-12(11)17/h4-6,9,19H,7-8H2,1-3H3. The van der Waals surface area contributed by atoms with Crippen molar-refractivity contribution < 1.29 is 19.0 Å². The lowest BCUT2D eigenvalue weighted by Gasteiger charge is -2.43. The molecule has 0 aliphatic heterocycles. The molecule has 1 aromatic carbocycles. The Morgan fingerprint density at radius 2 is 2.05 bits per heavy atom. The van der Waals surface area contributed by atoms with Crippen molar-refractivity contribution in [2.24, 2.45) is 5.92 Å². The normalized spacial score (nSPS) is 26.0.